The van der Waals surface area contributed by atoms with Gasteiger partial charge in [-0.25, -0.2) is 4.39 Å². The molecule has 5 N–H and O–H groups in total. The lowest BCUT2D eigenvalue weighted by molar-refractivity contribution is -0.231. The maximum Gasteiger partial charge on any atom is 0.243 e. The average Bonchev–Trinajstić information content (AvgIpc) is 3.07. The monoisotopic (exact) mass is 645 g/mol. The van der Waals surface area contributed by atoms with Crippen molar-refractivity contribution in [2.24, 2.45) is 0 Å². The van der Waals surface area contributed by atoms with Gasteiger partial charge in [-0.05, 0) is 59.2 Å². The molecule has 7 unspecified atom stereocenters. The van der Waals surface area contributed by atoms with Crippen molar-refractivity contribution in [2.45, 2.75) is 41.8 Å². The summed E-state index contributed by atoms with van der Waals surface area (Å²) >= 11 is 1.18. The number of benzene rings is 4. The highest BCUT2D eigenvalue weighted by Crippen LogP contribution is 2.48. The van der Waals surface area contributed by atoms with E-state index in [9.17, 15) is 39.5 Å². The van der Waals surface area contributed by atoms with E-state index in [-0.39, 0.29) is 23.2 Å². The van der Waals surface area contributed by atoms with Crippen LogP contribution in [0.2, 0.25) is 0 Å². The summed E-state index contributed by atoms with van der Waals surface area (Å²) < 4.78 is 19.0. The summed E-state index contributed by atoms with van der Waals surface area (Å²) in [5, 5.41) is 50.8. The van der Waals surface area contributed by atoms with Crippen LogP contribution < -0.4 is 4.90 Å². The van der Waals surface area contributed by atoms with Crippen molar-refractivity contribution >= 4 is 29.1 Å². The SMILES string of the molecule is O=C(CSC1C(=O)N(c2ccccc2)C1c1ccc(-c2ccc(C3OC(CO)C(O)C(O)C3O)cc2)cc1O)c1ccc(F)cc1. The Morgan fingerprint density at radius 1 is 0.848 bits per heavy atom. The number of carbonyl (C=O) groups is 2. The Bertz CT molecular complexity index is 1700. The molecule has 2 saturated heterocycles. The van der Waals surface area contributed by atoms with Gasteiger partial charge in [-0.3, -0.25) is 9.59 Å². The molecule has 238 valence electrons. The van der Waals surface area contributed by atoms with Crippen molar-refractivity contribution < 1.29 is 44.2 Å². The zero-order chi connectivity index (χ0) is 32.5. The Balaban J connectivity index is 1.23. The molecule has 7 atom stereocenters. The van der Waals surface area contributed by atoms with Gasteiger partial charge < -0.3 is 35.2 Å². The van der Waals surface area contributed by atoms with E-state index in [0.29, 0.717) is 27.9 Å². The maximum atomic E-state index is 13.4. The number of carbonyl (C=O) groups excluding carboxylic acids is 2. The number of ether oxygens (including phenoxy) is 1. The van der Waals surface area contributed by atoms with Crippen LogP contribution in [0.25, 0.3) is 11.1 Å². The number of halogens is 1. The van der Waals surface area contributed by atoms with E-state index in [1.54, 1.807) is 53.4 Å². The molecule has 6 rings (SSSR count). The van der Waals surface area contributed by atoms with E-state index in [1.807, 2.05) is 24.3 Å². The number of hydrogen-bond donors (Lipinski definition) is 5. The van der Waals surface area contributed by atoms with Crippen molar-refractivity contribution in [2.75, 3.05) is 17.3 Å². The highest BCUT2D eigenvalue weighted by molar-refractivity contribution is 8.01. The quantitative estimate of drug-likeness (QED) is 0.136. The Morgan fingerprint density at radius 3 is 2.17 bits per heavy atom. The van der Waals surface area contributed by atoms with Crippen LogP contribution in [0.4, 0.5) is 10.1 Å². The summed E-state index contributed by atoms with van der Waals surface area (Å²) in [4.78, 5) is 27.8. The largest absolute Gasteiger partial charge is 0.508 e. The summed E-state index contributed by atoms with van der Waals surface area (Å²) in [6.07, 6.45) is -6.33. The third kappa shape index (κ3) is 6.05. The second kappa shape index (κ2) is 13.3. The Labute approximate surface area is 268 Å². The Hall–Kier alpha value is -4.10. The topological polar surface area (TPSA) is 148 Å². The van der Waals surface area contributed by atoms with E-state index in [4.69, 9.17) is 4.74 Å². The molecule has 1 amide bonds. The van der Waals surface area contributed by atoms with Gasteiger partial charge in [-0.1, -0.05) is 54.6 Å². The van der Waals surface area contributed by atoms with E-state index in [2.05, 4.69) is 0 Å². The minimum Gasteiger partial charge on any atom is -0.508 e. The first-order valence-corrected chi connectivity index (χ1v) is 15.7. The number of aliphatic hydroxyl groups is 4. The number of β-lactam (4-membered cyclic amide) rings is 1. The molecule has 9 nitrogen and oxygen atoms in total. The van der Waals surface area contributed by atoms with Crippen LogP contribution in [-0.2, 0) is 9.53 Å². The normalized spacial score (nSPS) is 26.1. The van der Waals surface area contributed by atoms with Gasteiger partial charge in [-0.2, -0.15) is 0 Å². The van der Waals surface area contributed by atoms with Crippen molar-refractivity contribution in [1.82, 2.24) is 0 Å². The van der Waals surface area contributed by atoms with Gasteiger partial charge in [0.2, 0.25) is 5.91 Å². The molecular formula is C35H32FNO8S. The number of nitrogens with zero attached hydrogens (tertiary/aromatic N) is 1. The molecule has 2 fully saturated rings. The number of Topliss-reactive ketones (excluding diaryl/α,β-unsaturated/α-hetero) is 1. The zero-order valence-corrected chi connectivity index (χ0v) is 25.2. The van der Waals surface area contributed by atoms with Crippen LogP contribution in [-0.4, -0.2) is 79.2 Å². The number of hydrogen-bond acceptors (Lipinski definition) is 9. The second-order valence-corrected chi connectivity index (χ2v) is 12.4. The lowest BCUT2D eigenvalue weighted by atomic mass is 9.89. The van der Waals surface area contributed by atoms with Crippen LogP contribution in [0, 0.1) is 5.82 Å². The van der Waals surface area contributed by atoms with Crippen molar-refractivity contribution in [3.05, 3.63) is 120 Å². The summed E-state index contributed by atoms with van der Waals surface area (Å²) in [7, 11) is 0. The minimum atomic E-state index is -1.49. The zero-order valence-electron chi connectivity index (χ0n) is 24.4. The minimum absolute atomic E-state index is 0.000802. The van der Waals surface area contributed by atoms with Crippen molar-refractivity contribution in [1.29, 1.82) is 0 Å². The summed E-state index contributed by atoms with van der Waals surface area (Å²) in [5.41, 5.74) is 3.46. The Kier molecular flexibility index (Phi) is 9.23. The summed E-state index contributed by atoms with van der Waals surface area (Å²) in [5.74, 6) is -0.910. The lowest BCUT2D eigenvalue weighted by Gasteiger charge is -2.47. The van der Waals surface area contributed by atoms with Gasteiger partial charge in [0.25, 0.3) is 0 Å². The first kappa shape index (κ1) is 31.9. The number of anilines is 1. The Morgan fingerprint density at radius 2 is 1.52 bits per heavy atom. The fraction of sp³-hybridized carbons (Fsp3) is 0.257. The molecule has 2 heterocycles. The van der Waals surface area contributed by atoms with Crippen LogP contribution in [0.5, 0.6) is 5.75 Å². The van der Waals surface area contributed by atoms with Crippen LogP contribution in [0.1, 0.15) is 33.6 Å². The molecule has 0 saturated carbocycles. The van der Waals surface area contributed by atoms with Crippen LogP contribution in [0.15, 0.2) is 97.1 Å². The number of ketones is 1. The maximum absolute atomic E-state index is 13.4. The first-order chi connectivity index (χ1) is 22.2. The number of amides is 1. The molecule has 0 radical (unpaired) electrons. The lowest BCUT2D eigenvalue weighted by Crippen LogP contribution is -2.57. The smallest absolute Gasteiger partial charge is 0.243 e. The van der Waals surface area contributed by atoms with Gasteiger partial charge in [0.15, 0.2) is 5.78 Å². The number of aromatic hydroxyl groups is 1. The molecule has 2 aliphatic heterocycles. The van der Waals surface area contributed by atoms with Crippen LogP contribution in [0.3, 0.4) is 0 Å². The standard InChI is InChI=1S/C35H32FNO8S/c36-23-13-10-20(11-14-23)27(40)18-46-34-29(37(35(34)44)24-4-2-1-3-5-24)25-15-12-22(16-26(25)39)19-6-8-21(9-7-19)33-32(43)31(42)30(41)28(17-38)45-33/h1-16,28-34,38-39,41-43H,17-18H2. The van der Waals surface area contributed by atoms with Crippen molar-refractivity contribution in [3.8, 4) is 16.9 Å². The van der Waals surface area contributed by atoms with E-state index >= 15 is 0 Å². The van der Waals surface area contributed by atoms with Crippen LogP contribution >= 0.6 is 11.8 Å². The van der Waals surface area contributed by atoms with Crippen molar-refractivity contribution in [3.63, 3.8) is 0 Å². The number of para-hydroxylation sites is 1. The highest BCUT2D eigenvalue weighted by Gasteiger charge is 2.50. The molecule has 4 aromatic rings. The number of phenols is 1. The van der Waals surface area contributed by atoms with E-state index in [1.165, 1.54) is 36.0 Å². The second-order valence-electron chi connectivity index (χ2n) is 11.3. The molecule has 4 aromatic carbocycles. The molecule has 0 spiro atoms. The third-order valence-corrected chi connectivity index (χ3v) is 9.70. The van der Waals surface area contributed by atoms with Gasteiger partial charge in [-0.15, -0.1) is 11.8 Å². The molecule has 0 aliphatic carbocycles. The first-order valence-electron chi connectivity index (χ1n) is 14.7. The fourth-order valence-electron chi connectivity index (χ4n) is 5.90. The molecule has 0 aromatic heterocycles. The van der Waals surface area contributed by atoms with E-state index < -0.39 is 54.2 Å². The number of aliphatic hydroxyl groups excluding tert-OH is 4. The van der Waals surface area contributed by atoms with Gasteiger partial charge >= 0.3 is 0 Å². The predicted molar refractivity (Wildman–Crippen MR) is 170 cm³/mol. The number of phenolic OH excluding ortho intramolecular Hbond substituents is 1. The molecule has 11 heteroatoms. The fourth-order valence-corrected chi connectivity index (χ4v) is 7.11. The van der Waals surface area contributed by atoms with Gasteiger partial charge in [0.05, 0.1) is 18.4 Å². The van der Waals surface area contributed by atoms with Gasteiger partial charge in [0, 0.05) is 16.8 Å². The molecule has 46 heavy (non-hydrogen) atoms. The highest BCUT2D eigenvalue weighted by atomic mass is 32.2. The van der Waals surface area contributed by atoms with Gasteiger partial charge in [0.1, 0.15) is 47.3 Å². The third-order valence-electron chi connectivity index (χ3n) is 8.45. The number of rotatable bonds is 9. The molecule has 2 aliphatic rings. The number of thioether (sulfide) groups is 1. The van der Waals surface area contributed by atoms with E-state index in [0.717, 1.165) is 5.56 Å². The summed E-state index contributed by atoms with van der Waals surface area (Å²) in [6, 6.07) is 25.8. The average molecular weight is 646 g/mol. The molecular weight excluding hydrogens is 613 g/mol. The predicted octanol–water partition coefficient (Wildman–Crippen LogP) is 3.79. The molecule has 0 bridgehead atoms. The summed E-state index contributed by atoms with van der Waals surface area (Å²) in [6.45, 7) is -0.524.